The van der Waals surface area contributed by atoms with Gasteiger partial charge >= 0.3 is 5.97 Å². The van der Waals surface area contributed by atoms with E-state index in [4.69, 9.17) is 11.1 Å². The summed E-state index contributed by atoms with van der Waals surface area (Å²) in [6.45, 7) is 5.84. The van der Waals surface area contributed by atoms with E-state index in [0.717, 1.165) is 22.3 Å². The lowest BCUT2D eigenvalue weighted by atomic mass is 9.96. The monoisotopic (exact) mass is 537 g/mol. The molecule has 10 nitrogen and oxygen atoms in total. The van der Waals surface area contributed by atoms with Gasteiger partial charge in [-0.15, -0.1) is 0 Å². The molecule has 1 unspecified atom stereocenters. The maximum Gasteiger partial charge on any atom is 0.305 e. The van der Waals surface area contributed by atoms with Crippen molar-refractivity contribution >= 4 is 39.2 Å². The molecule has 0 heterocycles. The Hall–Kier alpha value is -4.38. The average molecular weight is 538 g/mol. The maximum absolute atomic E-state index is 13.0. The number of benzene rings is 3. The highest BCUT2D eigenvalue weighted by atomic mass is 32.2. The number of aliphatic carboxylic acids is 1. The van der Waals surface area contributed by atoms with Gasteiger partial charge in [-0.05, 0) is 73.4 Å². The quantitative estimate of drug-likeness (QED) is 0.169. The van der Waals surface area contributed by atoms with Gasteiger partial charge in [-0.1, -0.05) is 35.9 Å². The highest BCUT2D eigenvalue weighted by Gasteiger charge is 2.21. The first-order valence-corrected chi connectivity index (χ1v) is 13.2. The van der Waals surface area contributed by atoms with E-state index in [2.05, 4.69) is 15.4 Å². The van der Waals surface area contributed by atoms with E-state index in [0.29, 0.717) is 11.3 Å². The van der Waals surface area contributed by atoms with Crippen molar-refractivity contribution in [1.29, 1.82) is 5.41 Å². The topological polar surface area (TPSA) is 174 Å². The first-order valence-electron chi connectivity index (χ1n) is 11.8. The molecule has 0 aromatic heterocycles. The van der Waals surface area contributed by atoms with Gasteiger partial charge in [0, 0.05) is 11.4 Å². The van der Waals surface area contributed by atoms with Crippen molar-refractivity contribution in [3.63, 3.8) is 0 Å². The van der Waals surface area contributed by atoms with Crippen LogP contribution in [0.25, 0.3) is 0 Å². The molecule has 3 aromatic rings. The standard InChI is InChI=1S/C27H31N5O5S/c1-16-10-17(2)23(18(3)11-16)14-25(33)31-24(15-26(34)35)19-6-4-8-21(12-19)32-38(36,37)22-9-5-7-20(13-22)30-27(28)29/h4-13,24,32H,14-15H2,1-3H3,(H,31,33)(H,34,35)(H4,28,29,30). The number of rotatable bonds is 10. The Balaban J connectivity index is 1.82. The zero-order valence-electron chi connectivity index (χ0n) is 21.3. The summed E-state index contributed by atoms with van der Waals surface area (Å²) in [6.07, 6.45) is -0.294. The van der Waals surface area contributed by atoms with E-state index in [-0.39, 0.29) is 35.3 Å². The number of hydrogen-bond acceptors (Lipinski definition) is 5. The minimum Gasteiger partial charge on any atom is -0.481 e. The Labute approximate surface area is 221 Å². The minimum absolute atomic E-state index is 0.0617. The van der Waals surface area contributed by atoms with Gasteiger partial charge in [-0.25, -0.2) is 8.42 Å². The molecule has 1 atom stereocenters. The fraction of sp³-hybridized carbons (Fsp3) is 0.222. The lowest BCUT2D eigenvalue weighted by Crippen LogP contribution is -2.31. The largest absolute Gasteiger partial charge is 0.481 e. The van der Waals surface area contributed by atoms with Crippen LogP contribution in [-0.2, 0) is 26.0 Å². The first kappa shape index (κ1) is 28.2. The van der Waals surface area contributed by atoms with E-state index in [1.54, 1.807) is 18.2 Å². The van der Waals surface area contributed by atoms with Crippen LogP contribution in [-0.4, -0.2) is 31.4 Å². The third-order valence-corrected chi connectivity index (χ3v) is 7.24. The maximum atomic E-state index is 13.0. The Kier molecular flexibility index (Phi) is 8.74. The molecule has 0 aliphatic rings. The van der Waals surface area contributed by atoms with Crippen LogP contribution in [0.3, 0.4) is 0 Å². The van der Waals surface area contributed by atoms with Crippen LogP contribution in [0.15, 0.2) is 65.6 Å². The molecular formula is C27H31N5O5S. The smallest absolute Gasteiger partial charge is 0.305 e. The lowest BCUT2D eigenvalue weighted by molar-refractivity contribution is -0.137. The number of hydrogen-bond donors (Lipinski definition) is 6. The van der Waals surface area contributed by atoms with E-state index < -0.39 is 22.0 Å². The van der Waals surface area contributed by atoms with Crippen LogP contribution in [0.5, 0.6) is 0 Å². The summed E-state index contributed by atoms with van der Waals surface area (Å²) in [4.78, 5) is 24.4. The van der Waals surface area contributed by atoms with Gasteiger partial charge < -0.3 is 21.5 Å². The van der Waals surface area contributed by atoms with Gasteiger partial charge in [-0.2, -0.15) is 0 Å². The van der Waals surface area contributed by atoms with E-state index >= 15 is 0 Å². The molecule has 0 saturated heterocycles. The second-order valence-corrected chi connectivity index (χ2v) is 10.8. The fourth-order valence-electron chi connectivity index (χ4n) is 4.25. The van der Waals surface area contributed by atoms with Gasteiger partial charge in [0.15, 0.2) is 5.96 Å². The summed E-state index contributed by atoms with van der Waals surface area (Å²) in [5.41, 5.74) is 10.2. The summed E-state index contributed by atoms with van der Waals surface area (Å²) in [5, 5.41) is 22.1. The molecule has 0 spiro atoms. The highest BCUT2D eigenvalue weighted by molar-refractivity contribution is 7.92. The summed E-state index contributed by atoms with van der Waals surface area (Å²) in [5.74, 6) is -1.79. The number of carbonyl (C=O) groups excluding carboxylic acids is 1. The number of nitrogens with two attached hydrogens (primary N) is 1. The Morgan fingerprint density at radius 3 is 2.24 bits per heavy atom. The summed E-state index contributed by atoms with van der Waals surface area (Å²) in [7, 11) is -4.02. The molecule has 200 valence electrons. The molecule has 3 rings (SSSR count). The molecule has 38 heavy (non-hydrogen) atoms. The number of nitrogens with one attached hydrogen (secondary N) is 4. The van der Waals surface area contributed by atoms with Crippen LogP contribution < -0.4 is 21.1 Å². The Morgan fingerprint density at radius 2 is 1.61 bits per heavy atom. The molecule has 3 aromatic carbocycles. The van der Waals surface area contributed by atoms with Crippen LogP contribution in [0.4, 0.5) is 11.4 Å². The van der Waals surface area contributed by atoms with Gasteiger partial charge in [0.2, 0.25) is 5.91 Å². The Morgan fingerprint density at radius 1 is 0.974 bits per heavy atom. The third-order valence-electron chi connectivity index (χ3n) is 5.86. The zero-order valence-corrected chi connectivity index (χ0v) is 22.1. The van der Waals surface area contributed by atoms with E-state index in [9.17, 15) is 23.1 Å². The van der Waals surface area contributed by atoms with Gasteiger partial charge in [0.1, 0.15) is 0 Å². The molecule has 11 heteroatoms. The molecule has 0 radical (unpaired) electrons. The number of carboxylic acids is 1. The molecule has 0 aliphatic carbocycles. The minimum atomic E-state index is -4.02. The van der Waals surface area contributed by atoms with Gasteiger partial charge in [0.25, 0.3) is 10.0 Å². The van der Waals surface area contributed by atoms with Crippen LogP contribution >= 0.6 is 0 Å². The Bertz CT molecular complexity index is 1460. The van der Waals surface area contributed by atoms with Crippen molar-refractivity contribution in [2.45, 2.75) is 44.6 Å². The van der Waals surface area contributed by atoms with Crippen LogP contribution in [0.2, 0.25) is 0 Å². The molecule has 0 aliphatic heterocycles. The molecule has 0 saturated carbocycles. The molecule has 1 amide bonds. The average Bonchev–Trinajstić information content (AvgIpc) is 2.80. The van der Waals surface area contributed by atoms with Crippen molar-refractivity contribution in [3.8, 4) is 0 Å². The van der Waals surface area contributed by atoms with Crippen LogP contribution in [0, 0.1) is 26.2 Å². The van der Waals surface area contributed by atoms with Crippen molar-refractivity contribution in [2.24, 2.45) is 5.73 Å². The second-order valence-electron chi connectivity index (χ2n) is 9.07. The van der Waals surface area contributed by atoms with Gasteiger partial charge in [0.05, 0.1) is 23.8 Å². The number of carboxylic acid groups (broad SMARTS) is 1. The summed E-state index contributed by atoms with van der Waals surface area (Å²) >= 11 is 0. The molecular weight excluding hydrogens is 506 g/mol. The normalized spacial score (nSPS) is 11.9. The number of sulfonamides is 1. The van der Waals surface area contributed by atoms with Crippen molar-refractivity contribution in [3.05, 3.63) is 88.5 Å². The number of amides is 1. The number of guanidine groups is 1. The summed E-state index contributed by atoms with van der Waals surface area (Å²) < 4.78 is 28.4. The fourth-order valence-corrected chi connectivity index (χ4v) is 5.35. The third kappa shape index (κ3) is 7.56. The molecule has 0 bridgehead atoms. The van der Waals surface area contributed by atoms with Crippen molar-refractivity contribution < 1.29 is 23.1 Å². The van der Waals surface area contributed by atoms with Crippen molar-refractivity contribution in [2.75, 3.05) is 10.0 Å². The predicted octanol–water partition coefficient (Wildman–Crippen LogP) is 3.59. The SMILES string of the molecule is Cc1cc(C)c(CC(=O)NC(CC(=O)O)c2cccc(NS(=O)(=O)c3cccc(NC(=N)N)c3)c2)c(C)c1. The van der Waals surface area contributed by atoms with E-state index in [1.807, 2.05) is 32.9 Å². The first-order chi connectivity index (χ1) is 17.8. The summed E-state index contributed by atoms with van der Waals surface area (Å²) in [6, 6.07) is 15.1. The zero-order chi connectivity index (χ0) is 28.0. The van der Waals surface area contributed by atoms with Crippen LogP contribution in [0.1, 0.15) is 40.3 Å². The number of anilines is 2. The van der Waals surface area contributed by atoms with Gasteiger partial charge in [-0.3, -0.25) is 19.7 Å². The molecule has 0 fully saturated rings. The predicted molar refractivity (Wildman–Crippen MR) is 147 cm³/mol. The highest BCUT2D eigenvalue weighted by Crippen LogP contribution is 2.25. The number of carbonyl (C=O) groups is 2. The number of aryl methyl sites for hydroxylation is 3. The lowest BCUT2D eigenvalue weighted by Gasteiger charge is -2.20. The second kappa shape index (κ2) is 11.8. The molecule has 7 N–H and O–H groups in total. The van der Waals surface area contributed by atoms with Crippen molar-refractivity contribution in [1.82, 2.24) is 5.32 Å². The van der Waals surface area contributed by atoms with E-state index in [1.165, 1.54) is 30.3 Å².